The van der Waals surface area contributed by atoms with Gasteiger partial charge in [0.15, 0.2) is 0 Å². The van der Waals surface area contributed by atoms with Gasteiger partial charge in [-0.3, -0.25) is 4.79 Å². The monoisotopic (exact) mass is 273 g/mol. The van der Waals surface area contributed by atoms with Gasteiger partial charge in [0.25, 0.3) is 5.91 Å². The van der Waals surface area contributed by atoms with E-state index in [1.54, 1.807) is 6.07 Å². The second-order valence-corrected chi connectivity index (χ2v) is 5.64. The summed E-state index contributed by atoms with van der Waals surface area (Å²) in [5.74, 6) is -0.0879. The van der Waals surface area contributed by atoms with E-state index >= 15 is 0 Å². The van der Waals surface area contributed by atoms with Crippen molar-refractivity contribution in [1.82, 2.24) is 5.32 Å². The molecule has 0 spiro atoms. The molecule has 17 heavy (non-hydrogen) atoms. The van der Waals surface area contributed by atoms with E-state index in [4.69, 9.17) is 0 Å². The lowest BCUT2D eigenvalue weighted by Gasteiger charge is -2.29. The molecule has 1 amide bonds. The van der Waals surface area contributed by atoms with Crippen molar-refractivity contribution in [2.24, 2.45) is 5.41 Å². The standard InChI is InChI=1S/C12H19NO2S2/c1-3-12(4-2,8-14)7-13-11(15)10-5-9(16)6-17-10/h5-6,14,16H,3-4,7-8H2,1-2H3,(H,13,15). The molecule has 0 saturated carbocycles. The minimum absolute atomic E-state index is 0.0879. The first-order chi connectivity index (χ1) is 8.06. The highest BCUT2D eigenvalue weighted by atomic mass is 32.1. The second-order valence-electron chi connectivity index (χ2n) is 4.22. The number of aliphatic hydroxyl groups excluding tert-OH is 1. The van der Waals surface area contributed by atoms with Crippen molar-refractivity contribution in [3.8, 4) is 0 Å². The van der Waals surface area contributed by atoms with Crippen LogP contribution in [-0.4, -0.2) is 24.2 Å². The molecule has 2 N–H and O–H groups in total. The minimum Gasteiger partial charge on any atom is -0.396 e. The van der Waals surface area contributed by atoms with Gasteiger partial charge in [0, 0.05) is 22.2 Å². The Labute approximate surface area is 112 Å². The lowest BCUT2D eigenvalue weighted by molar-refractivity contribution is 0.0854. The molecule has 0 aliphatic heterocycles. The number of rotatable bonds is 6. The van der Waals surface area contributed by atoms with E-state index < -0.39 is 0 Å². The van der Waals surface area contributed by atoms with Gasteiger partial charge in [-0.05, 0) is 18.9 Å². The van der Waals surface area contributed by atoms with Crippen LogP contribution in [-0.2, 0) is 0 Å². The van der Waals surface area contributed by atoms with Crippen molar-refractivity contribution in [2.45, 2.75) is 31.6 Å². The van der Waals surface area contributed by atoms with Gasteiger partial charge < -0.3 is 10.4 Å². The van der Waals surface area contributed by atoms with Crippen LogP contribution in [0.5, 0.6) is 0 Å². The van der Waals surface area contributed by atoms with E-state index in [1.165, 1.54) is 11.3 Å². The fraction of sp³-hybridized carbons (Fsp3) is 0.583. The Bertz CT molecular complexity index is 364. The average molecular weight is 273 g/mol. The van der Waals surface area contributed by atoms with E-state index in [0.717, 1.165) is 17.7 Å². The molecule has 0 unspecified atom stereocenters. The summed E-state index contributed by atoms with van der Waals surface area (Å²) in [5.41, 5.74) is -0.198. The van der Waals surface area contributed by atoms with Gasteiger partial charge in [-0.2, -0.15) is 0 Å². The molecule has 1 aromatic heterocycles. The summed E-state index contributed by atoms with van der Waals surface area (Å²) in [6.45, 7) is 4.67. The van der Waals surface area contributed by atoms with Crippen molar-refractivity contribution in [3.63, 3.8) is 0 Å². The summed E-state index contributed by atoms with van der Waals surface area (Å²) in [6, 6.07) is 1.75. The van der Waals surface area contributed by atoms with Gasteiger partial charge >= 0.3 is 0 Å². The molecule has 5 heteroatoms. The Morgan fingerprint density at radius 2 is 2.18 bits per heavy atom. The van der Waals surface area contributed by atoms with Crippen molar-refractivity contribution in [2.75, 3.05) is 13.2 Å². The highest BCUT2D eigenvalue weighted by Crippen LogP contribution is 2.25. The fourth-order valence-electron chi connectivity index (χ4n) is 1.58. The smallest absolute Gasteiger partial charge is 0.261 e. The van der Waals surface area contributed by atoms with Gasteiger partial charge in [0.2, 0.25) is 0 Å². The molecule has 0 aliphatic carbocycles. The van der Waals surface area contributed by atoms with Crippen LogP contribution in [0.15, 0.2) is 16.3 Å². The fourth-order valence-corrected chi connectivity index (χ4v) is 2.64. The van der Waals surface area contributed by atoms with Crippen molar-refractivity contribution >= 4 is 29.9 Å². The largest absolute Gasteiger partial charge is 0.396 e. The third kappa shape index (κ3) is 3.72. The number of amides is 1. The van der Waals surface area contributed by atoms with Crippen molar-refractivity contribution in [3.05, 3.63) is 16.3 Å². The molecular weight excluding hydrogens is 254 g/mol. The number of aliphatic hydroxyl groups is 1. The zero-order valence-electron chi connectivity index (χ0n) is 10.2. The minimum atomic E-state index is -0.198. The van der Waals surface area contributed by atoms with Crippen LogP contribution >= 0.6 is 24.0 Å². The van der Waals surface area contributed by atoms with Crippen molar-refractivity contribution in [1.29, 1.82) is 0 Å². The summed E-state index contributed by atoms with van der Waals surface area (Å²) in [5, 5.41) is 14.1. The predicted molar refractivity (Wildman–Crippen MR) is 74.0 cm³/mol. The predicted octanol–water partition coefficient (Wildman–Crippen LogP) is 2.57. The van der Waals surface area contributed by atoms with Gasteiger partial charge in [0.05, 0.1) is 11.5 Å². The van der Waals surface area contributed by atoms with Gasteiger partial charge in [0.1, 0.15) is 0 Å². The van der Waals surface area contributed by atoms with Crippen LogP contribution in [0.4, 0.5) is 0 Å². The lowest BCUT2D eigenvalue weighted by Crippen LogP contribution is -2.39. The van der Waals surface area contributed by atoms with Crippen LogP contribution in [0.25, 0.3) is 0 Å². The molecule has 0 aliphatic rings. The number of hydrogen-bond donors (Lipinski definition) is 3. The quantitative estimate of drug-likeness (QED) is 0.698. The van der Waals surface area contributed by atoms with Gasteiger partial charge in [-0.25, -0.2) is 0 Å². The lowest BCUT2D eigenvalue weighted by atomic mass is 9.83. The zero-order chi connectivity index (χ0) is 12.9. The Morgan fingerprint density at radius 1 is 1.53 bits per heavy atom. The number of thiol groups is 1. The highest BCUT2D eigenvalue weighted by molar-refractivity contribution is 7.80. The van der Waals surface area contributed by atoms with Gasteiger partial charge in [-0.1, -0.05) is 13.8 Å². The average Bonchev–Trinajstić information content (AvgIpc) is 2.78. The van der Waals surface area contributed by atoms with Gasteiger partial charge in [-0.15, -0.1) is 24.0 Å². The molecule has 0 radical (unpaired) electrons. The SMILES string of the molecule is CCC(CC)(CO)CNC(=O)c1cc(S)cs1. The molecule has 0 saturated heterocycles. The third-order valence-electron chi connectivity index (χ3n) is 3.27. The number of thiophene rings is 1. The zero-order valence-corrected chi connectivity index (χ0v) is 11.9. The first-order valence-electron chi connectivity index (χ1n) is 5.73. The molecule has 1 rings (SSSR count). The molecule has 0 aromatic carbocycles. The normalized spacial score (nSPS) is 11.5. The van der Waals surface area contributed by atoms with E-state index in [0.29, 0.717) is 11.4 Å². The van der Waals surface area contributed by atoms with Crippen LogP contribution in [0.2, 0.25) is 0 Å². The molecule has 0 fully saturated rings. The van der Waals surface area contributed by atoms with E-state index in [-0.39, 0.29) is 17.9 Å². The van der Waals surface area contributed by atoms with Crippen molar-refractivity contribution < 1.29 is 9.90 Å². The molecular formula is C12H19NO2S2. The molecule has 0 bridgehead atoms. The number of nitrogens with one attached hydrogen (secondary N) is 1. The van der Waals surface area contributed by atoms with E-state index in [1.807, 2.05) is 19.2 Å². The van der Waals surface area contributed by atoms with E-state index in [2.05, 4.69) is 17.9 Å². The van der Waals surface area contributed by atoms with Crippen LogP contribution in [0, 0.1) is 5.41 Å². The Balaban J connectivity index is 2.58. The Kier molecular flexibility index (Phi) is 5.49. The summed E-state index contributed by atoms with van der Waals surface area (Å²) >= 11 is 5.55. The molecule has 3 nitrogen and oxygen atoms in total. The molecule has 1 aromatic rings. The second kappa shape index (κ2) is 6.42. The first kappa shape index (κ1) is 14.5. The van der Waals surface area contributed by atoms with Crippen LogP contribution in [0.3, 0.4) is 0 Å². The molecule has 0 atom stereocenters. The maximum atomic E-state index is 11.8. The summed E-state index contributed by atoms with van der Waals surface area (Å²) in [7, 11) is 0. The summed E-state index contributed by atoms with van der Waals surface area (Å²) in [6.07, 6.45) is 1.70. The summed E-state index contributed by atoms with van der Waals surface area (Å²) < 4.78 is 0. The number of carbonyl (C=O) groups excluding carboxylic acids is 1. The summed E-state index contributed by atoms with van der Waals surface area (Å²) in [4.78, 5) is 13.3. The van der Waals surface area contributed by atoms with Crippen LogP contribution in [0.1, 0.15) is 36.4 Å². The third-order valence-corrected chi connectivity index (χ3v) is 4.63. The Hall–Kier alpha value is -0.520. The first-order valence-corrected chi connectivity index (χ1v) is 7.06. The number of carbonyl (C=O) groups is 1. The maximum Gasteiger partial charge on any atom is 0.261 e. The molecule has 96 valence electrons. The maximum absolute atomic E-state index is 11.8. The highest BCUT2D eigenvalue weighted by Gasteiger charge is 2.26. The van der Waals surface area contributed by atoms with Crippen LogP contribution < -0.4 is 5.32 Å². The molecule has 1 heterocycles. The van der Waals surface area contributed by atoms with E-state index in [9.17, 15) is 9.90 Å². The topological polar surface area (TPSA) is 49.3 Å². The Morgan fingerprint density at radius 3 is 2.59 bits per heavy atom. The number of hydrogen-bond acceptors (Lipinski definition) is 4.